The van der Waals surface area contributed by atoms with Crippen LogP contribution in [0.1, 0.15) is 55.4 Å². The standard InChI is InChI=1S/C26H39N3O13/c1-12(27-25(36)42-26(6,7)8)23(34)29-17-10-18(24(35)37-9)41-22(20(17)28-13(2)30)21(40-16(5)33)19(39-15(4)32)11-38-14(3)31/h10,12,17,19-22H,11H2,1-9H3,(H,27,36)(H,28,30)(H,29,34)/t12-,17-,19+,20+,21+,22+/m0/s1. The van der Waals surface area contributed by atoms with Crippen molar-refractivity contribution in [3.05, 3.63) is 11.8 Å². The fourth-order valence-electron chi connectivity index (χ4n) is 3.75. The van der Waals surface area contributed by atoms with E-state index in [1.54, 1.807) is 20.8 Å². The van der Waals surface area contributed by atoms with Gasteiger partial charge in [0.25, 0.3) is 0 Å². The molecule has 0 spiro atoms. The number of alkyl carbamates (subject to hydrolysis) is 1. The van der Waals surface area contributed by atoms with Gasteiger partial charge in [0.2, 0.25) is 17.6 Å². The van der Waals surface area contributed by atoms with Crippen LogP contribution in [0, 0.1) is 0 Å². The lowest BCUT2D eigenvalue weighted by Crippen LogP contribution is -2.65. The molecule has 0 aliphatic carbocycles. The maximum Gasteiger partial charge on any atom is 0.408 e. The van der Waals surface area contributed by atoms with Crippen molar-refractivity contribution in [3.8, 4) is 0 Å². The molecule has 0 aromatic carbocycles. The average Bonchev–Trinajstić information content (AvgIpc) is 2.83. The third-order valence-electron chi connectivity index (χ3n) is 5.29. The molecule has 1 aliphatic heterocycles. The third-order valence-corrected chi connectivity index (χ3v) is 5.29. The summed E-state index contributed by atoms with van der Waals surface area (Å²) in [5, 5.41) is 7.55. The maximum absolute atomic E-state index is 13.1. The van der Waals surface area contributed by atoms with Gasteiger partial charge in [0.05, 0.1) is 19.2 Å². The molecular formula is C26H39N3O13. The summed E-state index contributed by atoms with van der Waals surface area (Å²) in [5.41, 5.74) is -0.834. The van der Waals surface area contributed by atoms with Crippen molar-refractivity contribution in [1.82, 2.24) is 16.0 Å². The first kappa shape index (κ1) is 35.7. The Kier molecular flexibility index (Phi) is 13.2. The first-order valence-corrected chi connectivity index (χ1v) is 12.9. The van der Waals surface area contributed by atoms with Crippen LogP contribution < -0.4 is 16.0 Å². The molecule has 1 aliphatic rings. The van der Waals surface area contributed by atoms with E-state index in [0.29, 0.717) is 0 Å². The highest BCUT2D eigenvalue weighted by Crippen LogP contribution is 2.27. The fraction of sp³-hybridized carbons (Fsp3) is 0.654. The Morgan fingerprint density at radius 3 is 2.00 bits per heavy atom. The number of methoxy groups -OCH3 is 1. The van der Waals surface area contributed by atoms with Crippen molar-refractivity contribution >= 4 is 41.8 Å². The van der Waals surface area contributed by atoms with Crippen molar-refractivity contribution in [2.45, 2.75) is 97.4 Å². The molecular weight excluding hydrogens is 562 g/mol. The van der Waals surface area contributed by atoms with Gasteiger partial charge in [0.1, 0.15) is 18.2 Å². The van der Waals surface area contributed by atoms with Gasteiger partial charge in [-0.25, -0.2) is 9.59 Å². The van der Waals surface area contributed by atoms with E-state index in [9.17, 15) is 33.6 Å². The Morgan fingerprint density at radius 1 is 0.929 bits per heavy atom. The molecule has 3 N–H and O–H groups in total. The van der Waals surface area contributed by atoms with Crippen molar-refractivity contribution in [2.75, 3.05) is 13.7 Å². The molecule has 0 radical (unpaired) electrons. The SMILES string of the molecule is COC(=O)C1=C[C@H](NC(=O)[C@H](C)NC(=O)OC(C)(C)C)[C@@H](NC(C)=O)[C@H]([C@H](OC(C)=O)[C@@H](COC(C)=O)OC(C)=O)O1. The summed E-state index contributed by atoms with van der Waals surface area (Å²) in [6, 6.07) is -3.66. The summed E-state index contributed by atoms with van der Waals surface area (Å²) in [5.74, 6) is -5.29. The van der Waals surface area contributed by atoms with Crippen molar-refractivity contribution in [1.29, 1.82) is 0 Å². The summed E-state index contributed by atoms with van der Waals surface area (Å²) in [4.78, 5) is 85.6. The lowest BCUT2D eigenvalue weighted by Gasteiger charge is -2.42. The van der Waals surface area contributed by atoms with Crippen LogP contribution in [-0.4, -0.2) is 97.5 Å². The normalized spacial score (nSPS) is 20.1. The van der Waals surface area contributed by atoms with Crippen LogP contribution in [0.2, 0.25) is 0 Å². The number of rotatable bonds is 11. The van der Waals surface area contributed by atoms with Gasteiger partial charge in [0, 0.05) is 27.7 Å². The van der Waals surface area contributed by atoms with Crippen molar-refractivity contribution in [3.63, 3.8) is 0 Å². The number of ether oxygens (including phenoxy) is 6. The van der Waals surface area contributed by atoms with E-state index in [2.05, 4.69) is 16.0 Å². The zero-order valence-electron chi connectivity index (χ0n) is 25.1. The number of hydrogen-bond acceptors (Lipinski definition) is 13. The lowest BCUT2D eigenvalue weighted by molar-refractivity contribution is -0.188. The van der Waals surface area contributed by atoms with E-state index >= 15 is 0 Å². The number of amides is 3. The quantitative estimate of drug-likeness (QED) is 0.207. The smallest absolute Gasteiger partial charge is 0.408 e. The van der Waals surface area contributed by atoms with Crippen molar-refractivity contribution in [2.24, 2.45) is 0 Å². The summed E-state index contributed by atoms with van der Waals surface area (Å²) >= 11 is 0. The van der Waals surface area contributed by atoms with Gasteiger partial charge >= 0.3 is 30.0 Å². The number of nitrogens with one attached hydrogen (secondary N) is 3. The molecule has 0 saturated carbocycles. The minimum atomic E-state index is -1.59. The first-order valence-electron chi connectivity index (χ1n) is 12.9. The molecule has 0 saturated heterocycles. The summed E-state index contributed by atoms with van der Waals surface area (Å²) in [6.45, 7) is 10.0. The molecule has 42 heavy (non-hydrogen) atoms. The second-order valence-electron chi connectivity index (χ2n) is 10.3. The topological polar surface area (TPSA) is 211 Å². The van der Waals surface area contributed by atoms with Crippen LogP contribution in [0.5, 0.6) is 0 Å². The number of esters is 4. The van der Waals surface area contributed by atoms with Crippen LogP contribution in [0.4, 0.5) is 4.79 Å². The molecule has 6 atom stereocenters. The first-order chi connectivity index (χ1) is 19.3. The predicted octanol–water partition coefficient (Wildman–Crippen LogP) is -0.229. The van der Waals surface area contributed by atoms with Gasteiger partial charge in [-0.15, -0.1) is 0 Å². The Bertz CT molecular complexity index is 1080. The van der Waals surface area contributed by atoms with Crippen LogP contribution in [-0.2, 0) is 57.2 Å². The van der Waals surface area contributed by atoms with Gasteiger partial charge < -0.3 is 44.4 Å². The number of carbonyl (C=O) groups is 7. The summed E-state index contributed by atoms with van der Waals surface area (Å²) < 4.78 is 31.4. The fourth-order valence-corrected chi connectivity index (χ4v) is 3.75. The van der Waals surface area contributed by atoms with Crippen LogP contribution in [0.25, 0.3) is 0 Å². The average molecular weight is 602 g/mol. The molecule has 0 aromatic rings. The molecule has 1 rings (SSSR count). The van der Waals surface area contributed by atoms with Crippen LogP contribution in [0.3, 0.4) is 0 Å². The molecule has 236 valence electrons. The van der Waals surface area contributed by atoms with Crippen LogP contribution >= 0.6 is 0 Å². The second-order valence-corrected chi connectivity index (χ2v) is 10.3. The van der Waals surface area contributed by atoms with Crippen molar-refractivity contribution < 1.29 is 62.0 Å². The lowest BCUT2D eigenvalue weighted by atomic mass is 9.91. The molecule has 0 unspecified atom stereocenters. The van der Waals surface area contributed by atoms with E-state index in [4.69, 9.17) is 28.4 Å². The summed E-state index contributed by atoms with van der Waals surface area (Å²) in [6.07, 6.45) is -4.30. The Balaban J connectivity index is 3.57. The monoisotopic (exact) mass is 601 g/mol. The molecule has 0 bridgehead atoms. The molecule has 0 fully saturated rings. The maximum atomic E-state index is 13.1. The molecule has 1 heterocycles. The van der Waals surface area contributed by atoms with Gasteiger partial charge in [-0.2, -0.15) is 0 Å². The van der Waals surface area contributed by atoms with Gasteiger partial charge in [-0.1, -0.05) is 0 Å². The van der Waals surface area contributed by atoms with Gasteiger partial charge in [-0.3, -0.25) is 24.0 Å². The zero-order chi connectivity index (χ0) is 32.4. The Hall–Kier alpha value is -4.37. The Morgan fingerprint density at radius 2 is 1.52 bits per heavy atom. The molecule has 3 amide bonds. The number of carbonyl (C=O) groups excluding carboxylic acids is 7. The molecule has 16 heteroatoms. The van der Waals surface area contributed by atoms with Crippen LogP contribution in [0.15, 0.2) is 11.8 Å². The van der Waals surface area contributed by atoms with E-state index in [0.717, 1.165) is 40.9 Å². The highest BCUT2D eigenvalue weighted by Gasteiger charge is 2.48. The third kappa shape index (κ3) is 12.0. The highest BCUT2D eigenvalue weighted by molar-refractivity contribution is 5.88. The Labute approximate surface area is 243 Å². The second kappa shape index (κ2) is 15.6. The minimum Gasteiger partial charge on any atom is -0.477 e. The molecule has 16 nitrogen and oxygen atoms in total. The summed E-state index contributed by atoms with van der Waals surface area (Å²) in [7, 11) is 1.06. The van der Waals surface area contributed by atoms with E-state index in [1.807, 2.05) is 0 Å². The zero-order valence-corrected chi connectivity index (χ0v) is 25.1. The highest BCUT2D eigenvalue weighted by atomic mass is 16.6. The minimum absolute atomic E-state index is 0.451. The van der Waals surface area contributed by atoms with Gasteiger partial charge in [-0.05, 0) is 33.8 Å². The largest absolute Gasteiger partial charge is 0.477 e. The predicted molar refractivity (Wildman–Crippen MR) is 141 cm³/mol. The van der Waals surface area contributed by atoms with E-state index < -0.39 is 96.2 Å². The van der Waals surface area contributed by atoms with E-state index in [1.165, 1.54) is 6.92 Å². The number of hydrogen-bond donors (Lipinski definition) is 3. The van der Waals surface area contributed by atoms with Gasteiger partial charge in [0.15, 0.2) is 18.3 Å². The molecule has 0 aromatic heterocycles. The van der Waals surface area contributed by atoms with E-state index in [-0.39, 0.29) is 0 Å².